The van der Waals surface area contributed by atoms with E-state index in [1.54, 1.807) is 17.5 Å². The first kappa shape index (κ1) is 18.0. The Morgan fingerprint density at radius 3 is 2.81 bits per heavy atom. The number of aromatic nitrogens is 3. The standard InChI is InChI=1S/C18H19N5O2S2/c1-13-11-14(21-25-13)12-27-16-15(3-2-4-19-16)17(24)22-6-8-23(9-7-22)18-20-5-10-26-18/h2-5,10-11H,6-9,12H2,1H3. The summed E-state index contributed by atoms with van der Waals surface area (Å²) in [6.07, 6.45) is 3.53. The van der Waals surface area contributed by atoms with Crippen molar-refractivity contribution in [1.29, 1.82) is 0 Å². The molecule has 0 unspecified atom stereocenters. The number of anilines is 1. The zero-order valence-electron chi connectivity index (χ0n) is 14.9. The van der Waals surface area contributed by atoms with Crippen molar-refractivity contribution < 1.29 is 9.32 Å². The summed E-state index contributed by atoms with van der Waals surface area (Å²) in [6.45, 7) is 4.81. The van der Waals surface area contributed by atoms with Crippen LogP contribution in [-0.4, -0.2) is 52.1 Å². The van der Waals surface area contributed by atoms with Gasteiger partial charge in [0.25, 0.3) is 5.91 Å². The van der Waals surface area contributed by atoms with E-state index in [2.05, 4.69) is 20.0 Å². The number of hydrogen-bond donors (Lipinski definition) is 0. The second kappa shape index (κ2) is 8.10. The molecule has 0 N–H and O–H groups in total. The van der Waals surface area contributed by atoms with E-state index >= 15 is 0 Å². The van der Waals surface area contributed by atoms with Gasteiger partial charge in [0.2, 0.25) is 0 Å². The molecule has 0 radical (unpaired) electrons. The highest BCUT2D eigenvalue weighted by Gasteiger charge is 2.25. The van der Waals surface area contributed by atoms with Crippen LogP contribution in [0.2, 0.25) is 0 Å². The van der Waals surface area contributed by atoms with Gasteiger partial charge in [-0.3, -0.25) is 4.79 Å². The number of thiazole rings is 1. The van der Waals surface area contributed by atoms with E-state index in [4.69, 9.17) is 4.52 Å². The molecular formula is C18H19N5O2S2. The van der Waals surface area contributed by atoms with Gasteiger partial charge in [0, 0.05) is 55.8 Å². The monoisotopic (exact) mass is 401 g/mol. The summed E-state index contributed by atoms with van der Waals surface area (Å²) >= 11 is 3.13. The van der Waals surface area contributed by atoms with Gasteiger partial charge in [0.15, 0.2) is 5.13 Å². The van der Waals surface area contributed by atoms with Gasteiger partial charge in [-0.2, -0.15) is 0 Å². The Hall–Kier alpha value is -2.39. The number of amides is 1. The number of rotatable bonds is 5. The first-order valence-corrected chi connectivity index (χ1v) is 10.5. The summed E-state index contributed by atoms with van der Waals surface area (Å²) in [5, 5.41) is 7.72. The molecule has 0 saturated carbocycles. The second-order valence-electron chi connectivity index (χ2n) is 6.17. The normalized spacial score (nSPS) is 14.6. The highest BCUT2D eigenvalue weighted by atomic mass is 32.2. The lowest BCUT2D eigenvalue weighted by Crippen LogP contribution is -2.48. The van der Waals surface area contributed by atoms with Gasteiger partial charge in [0.05, 0.1) is 11.3 Å². The molecule has 27 heavy (non-hydrogen) atoms. The molecule has 9 heteroatoms. The molecule has 4 heterocycles. The van der Waals surface area contributed by atoms with Crippen LogP contribution in [-0.2, 0) is 5.75 Å². The van der Waals surface area contributed by atoms with Gasteiger partial charge in [-0.25, -0.2) is 9.97 Å². The lowest BCUT2D eigenvalue weighted by atomic mass is 10.2. The van der Waals surface area contributed by atoms with Crippen molar-refractivity contribution in [3.05, 3.63) is 53.0 Å². The van der Waals surface area contributed by atoms with Gasteiger partial charge in [-0.05, 0) is 19.1 Å². The Labute approximate surface area is 165 Å². The Morgan fingerprint density at radius 2 is 2.11 bits per heavy atom. The molecule has 4 rings (SSSR count). The van der Waals surface area contributed by atoms with Gasteiger partial charge < -0.3 is 14.3 Å². The Balaban J connectivity index is 1.41. The van der Waals surface area contributed by atoms with Gasteiger partial charge >= 0.3 is 0 Å². The molecule has 0 aromatic carbocycles. The van der Waals surface area contributed by atoms with Gasteiger partial charge in [-0.1, -0.05) is 16.9 Å². The van der Waals surface area contributed by atoms with Crippen LogP contribution in [0.25, 0.3) is 0 Å². The fraction of sp³-hybridized carbons (Fsp3) is 0.333. The quantitative estimate of drug-likeness (QED) is 0.608. The average molecular weight is 402 g/mol. The van der Waals surface area contributed by atoms with Crippen molar-refractivity contribution in [1.82, 2.24) is 20.0 Å². The number of nitrogens with zero attached hydrogens (tertiary/aromatic N) is 5. The molecule has 0 aliphatic carbocycles. The summed E-state index contributed by atoms with van der Waals surface area (Å²) in [7, 11) is 0. The molecule has 0 spiro atoms. The van der Waals surface area contributed by atoms with E-state index in [9.17, 15) is 4.79 Å². The van der Waals surface area contributed by atoms with Gasteiger partial charge in [0.1, 0.15) is 10.8 Å². The number of thioether (sulfide) groups is 1. The molecule has 0 bridgehead atoms. The van der Waals surface area contributed by atoms with Crippen LogP contribution in [0.1, 0.15) is 21.8 Å². The van der Waals surface area contributed by atoms with Crippen LogP contribution in [0.4, 0.5) is 5.13 Å². The van der Waals surface area contributed by atoms with Crippen LogP contribution < -0.4 is 4.90 Å². The number of carbonyl (C=O) groups excluding carboxylic acids is 1. The van der Waals surface area contributed by atoms with E-state index in [0.29, 0.717) is 24.4 Å². The predicted octanol–water partition coefficient (Wildman–Crippen LogP) is 3.09. The SMILES string of the molecule is Cc1cc(CSc2ncccc2C(=O)N2CCN(c3nccs3)CC2)no1. The maximum atomic E-state index is 13.0. The molecule has 1 fully saturated rings. The Kier molecular flexibility index (Phi) is 5.40. The van der Waals surface area contributed by atoms with Crippen LogP contribution in [0.3, 0.4) is 0 Å². The molecule has 7 nitrogen and oxygen atoms in total. The first-order valence-electron chi connectivity index (χ1n) is 8.64. The molecule has 1 aliphatic heterocycles. The highest BCUT2D eigenvalue weighted by Crippen LogP contribution is 2.26. The van der Waals surface area contributed by atoms with E-state index < -0.39 is 0 Å². The third-order valence-corrected chi connectivity index (χ3v) is 6.16. The zero-order valence-corrected chi connectivity index (χ0v) is 16.5. The largest absolute Gasteiger partial charge is 0.361 e. The summed E-state index contributed by atoms with van der Waals surface area (Å²) in [6, 6.07) is 5.55. The van der Waals surface area contributed by atoms with Crippen molar-refractivity contribution in [2.45, 2.75) is 17.7 Å². The van der Waals surface area contributed by atoms with Crippen molar-refractivity contribution in [3.8, 4) is 0 Å². The number of piperazine rings is 1. The summed E-state index contributed by atoms with van der Waals surface area (Å²) in [4.78, 5) is 25.9. The molecule has 1 saturated heterocycles. The van der Waals surface area contributed by atoms with Crippen molar-refractivity contribution >= 4 is 34.1 Å². The lowest BCUT2D eigenvalue weighted by Gasteiger charge is -2.34. The van der Waals surface area contributed by atoms with E-state index in [-0.39, 0.29) is 5.91 Å². The van der Waals surface area contributed by atoms with Crippen molar-refractivity contribution in [3.63, 3.8) is 0 Å². The maximum absolute atomic E-state index is 13.0. The number of pyridine rings is 1. The molecule has 3 aromatic rings. The third kappa shape index (κ3) is 4.14. The maximum Gasteiger partial charge on any atom is 0.256 e. The number of hydrogen-bond acceptors (Lipinski definition) is 8. The molecular weight excluding hydrogens is 382 g/mol. The van der Waals surface area contributed by atoms with Crippen LogP contribution >= 0.6 is 23.1 Å². The molecule has 3 aromatic heterocycles. The summed E-state index contributed by atoms with van der Waals surface area (Å²) < 4.78 is 5.10. The van der Waals surface area contributed by atoms with E-state index in [1.807, 2.05) is 41.6 Å². The van der Waals surface area contributed by atoms with Crippen LogP contribution in [0.15, 0.2) is 45.5 Å². The minimum atomic E-state index is 0.0284. The fourth-order valence-electron chi connectivity index (χ4n) is 2.94. The minimum absolute atomic E-state index is 0.0284. The Bertz CT molecular complexity index is 904. The van der Waals surface area contributed by atoms with Crippen molar-refractivity contribution in [2.75, 3.05) is 31.1 Å². The average Bonchev–Trinajstić information content (AvgIpc) is 3.38. The second-order valence-corrected chi connectivity index (χ2v) is 8.00. The lowest BCUT2D eigenvalue weighted by molar-refractivity contribution is 0.0742. The first-order chi connectivity index (χ1) is 13.2. The summed E-state index contributed by atoms with van der Waals surface area (Å²) in [5.74, 6) is 1.42. The van der Waals surface area contributed by atoms with Gasteiger partial charge in [-0.15, -0.1) is 11.3 Å². The molecule has 1 aliphatic rings. The van der Waals surface area contributed by atoms with Crippen molar-refractivity contribution in [2.24, 2.45) is 0 Å². The molecule has 1 amide bonds. The highest BCUT2D eigenvalue weighted by molar-refractivity contribution is 7.98. The number of aryl methyl sites for hydroxylation is 1. The van der Waals surface area contributed by atoms with Crippen LogP contribution in [0, 0.1) is 6.92 Å². The predicted molar refractivity (Wildman–Crippen MR) is 105 cm³/mol. The molecule has 0 atom stereocenters. The van der Waals surface area contributed by atoms with E-state index in [0.717, 1.165) is 34.7 Å². The zero-order chi connectivity index (χ0) is 18.6. The number of carbonyl (C=O) groups is 1. The smallest absolute Gasteiger partial charge is 0.256 e. The van der Waals surface area contributed by atoms with Crippen LogP contribution in [0.5, 0.6) is 0 Å². The van der Waals surface area contributed by atoms with E-state index in [1.165, 1.54) is 11.8 Å². The third-order valence-electron chi connectivity index (χ3n) is 4.29. The minimum Gasteiger partial charge on any atom is -0.361 e. The molecule has 140 valence electrons. The topological polar surface area (TPSA) is 75.4 Å². The summed E-state index contributed by atoms with van der Waals surface area (Å²) in [5.41, 5.74) is 1.49. The fourth-order valence-corrected chi connectivity index (χ4v) is 4.50. The Morgan fingerprint density at radius 1 is 1.26 bits per heavy atom.